The number of amides is 1. The highest BCUT2D eigenvalue weighted by Crippen LogP contribution is 2.18. The highest BCUT2D eigenvalue weighted by atomic mass is 32.1. The predicted molar refractivity (Wildman–Crippen MR) is 73.3 cm³/mol. The summed E-state index contributed by atoms with van der Waals surface area (Å²) in [6, 6.07) is 0. The predicted octanol–water partition coefficient (Wildman–Crippen LogP) is -0.157. The molecule has 2 saturated heterocycles. The first-order valence-electron chi connectivity index (χ1n) is 6.54. The number of hydrogen-bond donors (Lipinski definition) is 1. The van der Waals surface area contributed by atoms with Gasteiger partial charge in [0.05, 0.1) is 4.99 Å². The minimum Gasteiger partial charge on any atom is -0.392 e. The Kier molecular flexibility index (Phi) is 4.91. The van der Waals surface area contributed by atoms with Gasteiger partial charge in [0.15, 0.2) is 0 Å². The number of hydrogen-bond acceptors (Lipinski definition) is 4. The Morgan fingerprint density at radius 1 is 1.22 bits per heavy atom. The number of piperazine rings is 1. The van der Waals surface area contributed by atoms with E-state index in [0.29, 0.717) is 17.4 Å². The van der Waals surface area contributed by atoms with Gasteiger partial charge in [-0.1, -0.05) is 12.2 Å². The molecule has 102 valence electrons. The summed E-state index contributed by atoms with van der Waals surface area (Å²) in [7, 11) is 0. The van der Waals surface area contributed by atoms with E-state index < -0.39 is 0 Å². The zero-order valence-corrected chi connectivity index (χ0v) is 11.5. The molecular weight excluding hydrogens is 250 g/mol. The summed E-state index contributed by atoms with van der Waals surface area (Å²) in [5.41, 5.74) is 5.53. The Labute approximate surface area is 113 Å². The molecule has 0 aromatic rings. The van der Waals surface area contributed by atoms with Crippen LogP contribution in [0.2, 0.25) is 0 Å². The fraction of sp³-hybridized carbons (Fsp3) is 0.833. The van der Waals surface area contributed by atoms with Crippen molar-refractivity contribution < 1.29 is 9.53 Å². The van der Waals surface area contributed by atoms with Crippen LogP contribution in [0.25, 0.3) is 0 Å². The summed E-state index contributed by atoms with van der Waals surface area (Å²) in [6.07, 6.45) is 1.73. The lowest BCUT2D eigenvalue weighted by Gasteiger charge is -2.36. The Morgan fingerprint density at radius 3 is 2.39 bits per heavy atom. The van der Waals surface area contributed by atoms with Gasteiger partial charge in [0.2, 0.25) is 5.91 Å². The molecule has 2 aliphatic heterocycles. The zero-order chi connectivity index (χ0) is 13.0. The van der Waals surface area contributed by atoms with Gasteiger partial charge in [0, 0.05) is 51.9 Å². The van der Waals surface area contributed by atoms with Crippen LogP contribution in [0.15, 0.2) is 0 Å². The van der Waals surface area contributed by atoms with Crippen LogP contribution in [0, 0.1) is 5.92 Å². The molecule has 18 heavy (non-hydrogen) atoms. The summed E-state index contributed by atoms with van der Waals surface area (Å²) in [6.45, 7) is 5.42. The van der Waals surface area contributed by atoms with Gasteiger partial charge in [-0.2, -0.15) is 0 Å². The summed E-state index contributed by atoms with van der Waals surface area (Å²) in [5, 5.41) is 0. The van der Waals surface area contributed by atoms with Crippen LogP contribution in [0.4, 0.5) is 0 Å². The van der Waals surface area contributed by atoms with Gasteiger partial charge in [-0.05, 0) is 12.8 Å². The van der Waals surface area contributed by atoms with Crippen molar-refractivity contribution in [3.05, 3.63) is 0 Å². The minimum absolute atomic E-state index is 0.167. The summed E-state index contributed by atoms with van der Waals surface area (Å²) in [4.78, 5) is 17.0. The fourth-order valence-corrected chi connectivity index (χ4v) is 2.73. The van der Waals surface area contributed by atoms with Crippen molar-refractivity contribution in [2.45, 2.75) is 12.8 Å². The van der Waals surface area contributed by atoms with E-state index in [9.17, 15) is 4.79 Å². The molecule has 0 radical (unpaired) electrons. The molecule has 0 bridgehead atoms. The molecule has 0 saturated carbocycles. The van der Waals surface area contributed by atoms with Crippen LogP contribution in [0.1, 0.15) is 12.8 Å². The first-order valence-corrected chi connectivity index (χ1v) is 6.95. The van der Waals surface area contributed by atoms with Crippen molar-refractivity contribution in [3.63, 3.8) is 0 Å². The monoisotopic (exact) mass is 271 g/mol. The van der Waals surface area contributed by atoms with Crippen LogP contribution < -0.4 is 5.73 Å². The minimum atomic E-state index is 0.167. The number of thiocarbonyl (C=S) groups is 1. The Hall–Kier alpha value is -0.720. The molecule has 1 amide bonds. The highest BCUT2D eigenvalue weighted by Gasteiger charge is 2.28. The van der Waals surface area contributed by atoms with Crippen molar-refractivity contribution in [3.8, 4) is 0 Å². The van der Waals surface area contributed by atoms with E-state index in [1.807, 2.05) is 4.90 Å². The molecule has 2 fully saturated rings. The third kappa shape index (κ3) is 3.63. The van der Waals surface area contributed by atoms with Crippen LogP contribution in [-0.2, 0) is 9.53 Å². The zero-order valence-electron chi connectivity index (χ0n) is 10.6. The van der Waals surface area contributed by atoms with Crippen LogP contribution in [0.3, 0.4) is 0 Å². The lowest BCUT2D eigenvalue weighted by Crippen LogP contribution is -2.52. The second kappa shape index (κ2) is 6.45. The average Bonchev–Trinajstić information content (AvgIpc) is 2.39. The van der Waals surface area contributed by atoms with E-state index in [2.05, 4.69) is 4.90 Å². The number of nitrogens with zero attached hydrogens (tertiary/aromatic N) is 2. The molecule has 2 rings (SSSR count). The Balaban J connectivity index is 1.78. The van der Waals surface area contributed by atoms with Crippen LogP contribution >= 0.6 is 12.2 Å². The van der Waals surface area contributed by atoms with Gasteiger partial charge in [0.1, 0.15) is 0 Å². The maximum atomic E-state index is 12.3. The molecule has 0 aliphatic carbocycles. The van der Waals surface area contributed by atoms with Gasteiger partial charge in [0.25, 0.3) is 0 Å². The lowest BCUT2D eigenvalue weighted by atomic mass is 9.98. The maximum Gasteiger partial charge on any atom is 0.225 e. The Bertz CT molecular complexity index is 310. The number of nitrogens with two attached hydrogens (primary N) is 1. The molecule has 0 atom stereocenters. The molecule has 2 N–H and O–H groups in total. The van der Waals surface area contributed by atoms with Gasteiger partial charge < -0.3 is 15.4 Å². The van der Waals surface area contributed by atoms with E-state index in [-0.39, 0.29) is 5.92 Å². The lowest BCUT2D eigenvalue weighted by molar-refractivity contribution is -0.140. The molecule has 5 nitrogen and oxygen atoms in total. The number of ether oxygens (including phenoxy) is 1. The molecule has 0 spiro atoms. The van der Waals surface area contributed by atoms with Crippen molar-refractivity contribution in [1.29, 1.82) is 0 Å². The SMILES string of the molecule is NC(=S)CN1CCN(C(=O)C2CCOCC2)CC1. The van der Waals surface area contributed by atoms with Crippen molar-refractivity contribution in [2.24, 2.45) is 11.7 Å². The number of rotatable bonds is 3. The van der Waals surface area contributed by atoms with Crippen LogP contribution in [0.5, 0.6) is 0 Å². The molecule has 6 heteroatoms. The topological polar surface area (TPSA) is 58.8 Å². The fourth-order valence-electron chi connectivity index (χ4n) is 2.55. The van der Waals surface area contributed by atoms with Gasteiger partial charge in [-0.25, -0.2) is 0 Å². The third-order valence-corrected chi connectivity index (χ3v) is 3.76. The van der Waals surface area contributed by atoms with E-state index in [1.165, 1.54) is 0 Å². The van der Waals surface area contributed by atoms with Crippen LogP contribution in [-0.4, -0.2) is 66.6 Å². The number of carbonyl (C=O) groups is 1. The molecule has 0 aromatic carbocycles. The van der Waals surface area contributed by atoms with Crippen molar-refractivity contribution in [2.75, 3.05) is 45.9 Å². The third-order valence-electron chi connectivity index (χ3n) is 3.63. The highest BCUT2D eigenvalue weighted by molar-refractivity contribution is 7.80. The second-order valence-electron chi connectivity index (χ2n) is 4.95. The second-order valence-corrected chi connectivity index (χ2v) is 5.48. The van der Waals surface area contributed by atoms with Crippen molar-refractivity contribution in [1.82, 2.24) is 9.80 Å². The van der Waals surface area contributed by atoms with E-state index in [4.69, 9.17) is 22.7 Å². The summed E-state index contributed by atoms with van der Waals surface area (Å²) < 4.78 is 5.29. The molecule has 2 aliphatic rings. The quantitative estimate of drug-likeness (QED) is 0.723. The van der Waals surface area contributed by atoms with Crippen molar-refractivity contribution >= 4 is 23.1 Å². The number of carbonyl (C=O) groups excluding carboxylic acids is 1. The molecule has 0 aromatic heterocycles. The standard InChI is InChI=1S/C12H21N3O2S/c13-11(18)9-14-3-5-15(6-4-14)12(16)10-1-7-17-8-2-10/h10H,1-9H2,(H2,13,18). The van der Waals surface area contributed by atoms with E-state index in [0.717, 1.165) is 52.2 Å². The maximum absolute atomic E-state index is 12.3. The first kappa shape index (κ1) is 13.7. The smallest absolute Gasteiger partial charge is 0.225 e. The molecule has 0 unspecified atom stereocenters. The van der Waals surface area contributed by atoms with E-state index >= 15 is 0 Å². The normalized spacial score (nSPS) is 23.0. The largest absolute Gasteiger partial charge is 0.392 e. The Morgan fingerprint density at radius 2 is 1.83 bits per heavy atom. The van der Waals surface area contributed by atoms with Gasteiger partial charge >= 0.3 is 0 Å². The molecular formula is C12H21N3O2S. The van der Waals surface area contributed by atoms with E-state index in [1.54, 1.807) is 0 Å². The summed E-state index contributed by atoms with van der Waals surface area (Å²) >= 11 is 4.90. The average molecular weight is 271 g/mol. The van der Waals surface area contributed by atoms with Gasteiger partial charge in [-0.15, -0.1) is 0 Å². The van der Waals surface area contributed by atoms with Gasteiger partial charge in [-0.3, -0.25) is 9.69 Å². The first-order chi connectivity index (χ1) is 8.66. The molecule has 2 heterocycles. The summed E-state index contributed by atoms with van der Waals surface area (Å²) in [5.74, 6) is 0.467.